The van der Waals surface area contributed by atoms with E-state index in [9.17, 15) is 4.39 Å². The van der Waals surface area contributed by atoms with E-state index in [2.05, 4.69) is 21.8 Å². The summed E-state index contributed by atoms with van der Waals surface area (Å²) >= 11 is 0. The van der Waals surface area contributed by atoms with Crippen LogP contribution in [0, 0.1) is 12.7 Å². The third-order valence-electron chi connectivity index (χ3n) is 4.27. The number of benzene rings is 1. The maximum atomic E-state index is 14.2. The molecule has 0 atom stereocenters. The third kappa shape index (κ3) is 4.08. The van der Waals surface area contributed by atoms with E-state index in [0.29, 0.717) is 23.6 Å². The normalized spacial score (nSPS) is 11.1. The quantitative estimate of drug-likeness (QED) is 0.635. The van der Waals surface area contributed by atoms with Crippen molar-refractivity contribution in [3.63, 3.8) is 0 Å². The highest BCUT2D eigenvalue weighted by molar-refractivity contribution is 5.57. The Morgan fingerprint density at radius 1 is 1.15 bits per heavy atom. The van der Waals surface area contributed by atoms with Crippen LogP contribution in [0.3, 0.4) is 0 Å². The molecule has 0 N–H and O–H groups in total. The van der Waals surface area contributed by atoms with Gasteiger partial charge in [0.05, 0.1) is 18.4 Å². The number of oxazole rings is 1. The molecule has 0 saturated heterocycles. The molecule has 0 radical (unpaired) electrons. The van der Waals surface area contributed by atoms with Crippen molar-refractivity contribution in [3.05, 3.63) is 65.6 Å². The van der Waals surface area contributed by atoms with E-state index in [1.165, 1.54) is 11.6 Å². The van der Waals surface area contributed by atoms with Crippen LogP contribution in [-0.2, 0) is 13.1 Å². The second kappa shape index (κ2) is 8.10. The number of halogens is 1. The van der Waals surface area contributed by atoms with E-state index in [0.717, 1.165) is 18.8 Å². The first-order valence-electron chi connectivity index (χ1n) is 8.52. The molecule has 1 aromatic carbocycles. The largest absolute Gasteiger partial charge is 0.497 e. The van der Waals surface area contributed by atoms with E-state index in [1.807, 2.05) is 19.1 Å². The van der Waals surface area contributed by atoms with E-state index in [-0.39, 0.29) is 11.7 Å². The molecule has 3 aromatic rings. The lowest BCUT2D eigenvalue weighted by Crippen LogP contribution is -2.22. The van der Waals surface area contributed by atoms with Crippen LogP contribution in [0.25, 0.3) is 11.5 Å². The lowest BCUT2D eigenvalue weighted by Gasteiger charge is -2.19. The highest BCUT2D eigenvalue weighted by Gasteiger charge is 2.17. The van der Waals surface area contributed by atoms with Gasteiger partial charge in [-0.25, -0.2) is 9.37 Å². The van der Waals surface area contributed by atoms with Crippen molar-refractivity contribution in [1.82, 2.24) is 14.9 Å². The molecular weight excluding hydrogens is 333 g/mol. The second-order valence-corrected chi connectivity index (χ2v) is 6.03. The number of ether oxygens (including phenoxy) is 1. The fraction of sp³-hybridized carbons (Fsp3) is 0.300. The van der Waals surface area contributed by atoms with Crippen molar-refractivity contribution in [1.29, 1.82) is 0 Å². The molecule has 136 valence electrons. The lowest BCUT2D eigenvalue weighted by molar-refractivity contribution is 0.267. The fourth-order valence-corrected chi connectivity index (χ4v) is 2.72. The number of rotatable bonds is 7. The van der Waals surface area contributed by atoms with Crippen molar-refractivity contribution in [2.75, 3.05) is 13.7 Å². The zero-order valence-electron chi connectivity index (χ0n) is 15.2. The molecule has 0 amide bonds. The van der Waals surface area contributed by atoms with Crippen LogP contribution in [0.5, 0.6) is 5.75 Å². The standard InChI is InChI=1S/C20H22FN3O2/c1-4-24(12-15-7-9-22-10-8-15)13-19-14(2)26-20(23-19)17-11-16(25-3)5-6-18(17)21/h5-11H,4,12-13H2,1-3H3. The van der Waals surface area contributed by atoms with Gasteiger partial charge in [-0.15, -0.1) is 0 Å². The van der Waals surface area contributed by atoms with Crippen LogP contribution in [0.4, 0.5) is 4.39 Å². The number of aryl methyl sites for hydroxylation is 1. The maximum Gasteiger partial charge on any atom is 0.229 e. The second-order valence-electron chi connectivity index (χ2n) is 6.03. The number of pyridine rings is 1. The van der Waals surface area contributed by atoms with Crippen LogP contribution in [0.15, 0.2) is 47.1 Å². The van der Waals surface area contributed by atoms with E-state index in [4.69, 9.17) is 9.15 Å². The maximum absolute atomic E-state index is 14.2. The highest BCUT2D eigenvalue weighted by Crippen LogP contribution is 2.28. The summed E-state index contributed by atoms with van der Waals surface area (Å²) in [5.74, 6) is 1.14. The molecule has 0 saturated carbocycles. The van der Waals surface area contributed by atoms with Crippen molar-refractivity contribution >= 4 is 0 Å². The van der Waals surface area contributed by atoms with Crippen LogP contribution in [0.1, 0.15) is 23.9 Å². The molecule has 26 heavy (non-hydrogen) atoms. The molecule has 3 rings (SSSR count). The molecular formula is C20H22FN3O2. The number of hydrogen-bond donors (Lipinski definition) is 0. The summed E-state index contributed by atoms with van der Waals surface area (Å²) in [5, 5.41) is 0. The Labute approximate surface area is 152 Å². The average molecular weight is 355 g/mol. The molecule has 0 aliphatic carbocycles. The Hall–Kier alpha value is -2.73. The molecule has 2 aromatic heterocycles. The van der Waals surface area contributed by atoms with Gasteiger partial charge in [-0.3, -0.25) is 9.88 Å². The van der Waals surface area contributed by atoms with Gasteiger partial charge in [0.15, 0.2) is 0 Å². The summed E-state index contributed by atoms with van der Waals surface area (Å²) in [4.78, 5) is 10.8. The molecule has 0 bridgehead atoms. The zero-order valence-corrected chi connectivity index (χ0v) is 15.2. The predicted octanol–water partition coefficient (Wildman–Crippen LogP) is 4.21. The van der Waals surface area contributed by atoms with Gasteiger partial charge in [0.2, 0.25) is 5.89 Å². The summed E-state index contributed by atoms with van der Waals surface area (Å²) in [5.41, 5.74) is 2.29. The monoisotopic (exact) mass is 355 g/mol. The highest BCUT2D eigenvalue weighted by atomic mass is 19.1. The van der Waals surface area contributed by atoms with Crippen molar-refractivity contribution in [2.24, 2.45) is 0 Å². The minimum absolute atomic E-state index is 0.272. The summed E-state index contributed by atoms with van der Waals surface area (Å²) in [6.07, 6.45) is 3.57. The van der Waals surface area contributed by atoms with E-state index >= 15 is 0 Å². The fourth-order valence-electron chi connectivity index (χ4n) is 2.72. The van der Waals surface area contributed by atoms with Crippen LogP contribution in [0.2, 0.25) is 0 Å². The summed E-state index contributed by atoms with van der Waals surface area (Å²) in [6, 6.07) is 8.52. The van der Waals surface area contributed by atoms with Crippen LogP contribution < -0.4 is 4.74 Å². The molecule has 0 unspecified atom stereocenters. The third-order valence-corrected chi connectivity index (χ3v) is 4.27. The molecule has 0 fully saturated rings. The van der Waals surface area contributed by atoms with Crippen LogP contribution >= 0.6 is 0 Å². The summed E-state index contributed by atoms with van der Waals surface area (Å²) in [7, 11) is 1.54. The Bertz CT molecular complexity index is 865. The molecule has 2 heterocycles. The van der Waals surface area contributed by atoms with Gasteiger partial charge in [0, 0.05) is 25.5 Å². The smallest absolute Gasteiger partial charge is 0.229 e. The van der Waals surface area contributed by atoms with Gasteiger partial charge in [0.1, 0.15) is 17.3 Å². The van der Waals surface area contributed by atoms with E-state index in [1.54, 1.807) is 31.6 Å². The van der Waals surface area contributed by atoms with Gasteiger partial charge in [-0.2, -0.15) is 0 Å². The average Bonchev–Trinajstić information content (AvgIpc) is 3.02. The van der Waals surface area contributed by atoms with Gasteiger partial charge in [0.25, 0.3) is 0 Å². The Morgan fingerprint density at radius 2 is 1.92 bits per heavy atom. The minimum Gasteiger partial charge on any atom is -0.497 e. The lowest BCUT2D eigenvalue weighted by atomic mass is 10.2. The number of hydrogen-bond acceptors (Lipinski definition) is 5. The topological polar surface area (TPSA) is 51.4 Å². The molecule has 0 aliphatic heterocycles. The van der Waals surface area contributed by atoms with Gasteiger partial charge in [-0.05, 0) is 49.4 Å². The summed E-state index contributed by atoms with van der Waals surface area (Å²) < 4.78 is 25.1. The molecule has 0 spiro atoms. The van der Waals surface area contributed by atoms with Gasteiger partial charge < -0.3 is 9.15 Å². The SMILES string of the molecule is CCN(Cc1ccncc1)Cc1nc(-c2cc(OC)ccc2F)oc1C. The Kier molecular flexibility index (Phi) is 5.63. The first-order chi connectivity index (χ1) is 12.6. The molecule has 5 nitrogen and oxygen atoms in total. The first kappa shape index (κ1) is 18.1. The summed E-state index contributed by atoms with van der Waals surface area (Å²) in [6.45, 7) is 6.22. The van der Waals surface area contributed by atoms with Crippen molar-refractivity contribution < 1.29 is 13.5 Å². The Balaban J connectivity index is 1.81. The number of methoxy groups -OCH3 is 1. The van der Waals surface area contributed by atoms with Crippen molar-refractivity contribution in [2.45, 2.75) is 26.9 Å². The van der Waals surface area contributed by atoms with Crippen molar-refractivity contribution in [3.8, 4) is 17.2 Å². The van der Waals surface area contributed by atoms with Crippen LogP contribution in [-0.4, -0.2) is 28.5 Å². The molecule has 0 aliphatic rings. The Morgan fingerprint density at radius 3 is 2.62 bits per heavy atom. The predicted molar refractivity (Wildman–Crippen MR) is 97.2 cm³/mol. The van der Waals surface area contributed by atoms with Gasteiger partial charge >= 0.3 is 0 Å². The minimum atomic E-state index is -0.386. The van der Waals surface area contributed by atoms with E-state index < -0.39 is 0 Å². The first-order valence-corrected chi connectivity index (χ1v) is 8.52. The van der Waals surface area contributed by atoms with Gasteiger partial charge in [-0.1, -0.05) is 6.92 Å². The zero-order chi connectivity index (χ0) is 18.5. The molecule has 6 heteroatoms. The number of aromatic nitrogens is 2. The number of nitrogens with zero attached hydrogens (tertiary/aromatic N) is 3.